The van der Waals surface area contributed by atoms with Crippen LogP contribution in [0, 0.1) is 5.82 Å². The summed E-state index contributed by atoms with van der Waals surface area (Å²) in [6, 6.07) is 14.8. The van der Waals surface area contributed by atoms with Crippen LogP contribution in [-0.2, 0) is 0 Å². The van der Waals surface area contributed by atoms with E-state index in [0.717, 1.165) is 5.56 Å². The maximum atomic E-state index is 13.7. The van der Waals surface area contributed by atoms with Gasteiger partial charge in [0.05, 0.1) is 16.8 Å². The predicted molar refractivity (Wildman–Crippen MR) is 107 cm³/mol. The monoisotopic (exact) mass is 377 g/mol. The molecule has 28 heavy (non-hydrogen) atoms. The minimum Gasteiger partial charge on any atom is -0.322 e. The Hall–Kier alpha value is -3.54. The lowest BCUT2D eigenvalue weighted by Crippen LogP contribution is -2.17. The largest absolute Gasteiger partial charge is 0.322 e. The molecule has 0 fully saturated rings. The average Bonchev–Trinajstić information content (AvgIpc) is 2.70. The molecule has 142 valence electrons. The van der Waals surface area contributed by atoms with Crippen LogP contribution in [-0.4, -0.2) is 16.8 Å². The van der Waals surface area contributed by atoms with E-state index < -0.39 is 11.7 Å². The molecule has 0 saturated heterocycles. The Balaban J connectivity index is 1.78. The van der Waals surface area contributed by atoms with Crippen molar-refractivity contribution in [1.82, 2.24) is 4.98 Å². The first-order valence-electron chi connectivity index (χ1n) is 8.87. The lowest BCUT2D eigenvalue weighted by atomic mass is 10.0. The molecule has 0 atom stereocenters. The van der Waals surface area contributed by atoms with Gasteiger partial charge in [0.25, 0.3) is 11.8 Å². The van der Waals surface area contributed by atoms with Gasteiger partial charge in [0.1, 0.15) is 5.82 Å². The van der Waals surface area contributed by atoms with Crippen LogP contribution in [0.1, 0.15) is 46.0 Å². The number of halogens is 1. The SMILES string of the molecule is CC(C)c1ccccc1NC(=O)c1cncc(C(=O)Nc2ccccc2F)c1. The number of nitrogens with zero attached hydrogens (tertiary/aromatic N) is 1. The van der Waals surface area contributed by atoms with E-state index >= 15 is 0 Å². The number of pyridine rings is 1. The zero-order valence-corrected chi connectivity index (χ0v) is 15.6. The highest BCUT2D eigenvalue weighted by Crippen LogP contribution is 2.24. The summed E-state index contributed by atoms with van der Waals surface area (Å²) in [7, 11) is 0. The van der Waals surface area contributed by atoms with E-state index in [4.69, 9.17) is 0 Å². The zero-order chi connectivity index (χ0) is 20.1. The highest BCUT2D eigenvalue weighted by atomic mass is 19.1. The molecule has 5 nitrogen and oxygen atoms in total. The van der Waals surface area contributed by atoms with Gasteiger partial charge >= 0.3 is 0 Å². The molecule has 1 heterocycles. The first-order chi connectivity index (χ1) is 13.5. The number of nitrogens with one attached hydrogen (secondary N) is 2. The Morgan fingerprint density at radius 1 is 0.857 bits per heavy atom. The quantitative estimate of drug-likeness (QED) is 0.668. The highest BCUT2D eigenvalue weighted by molar-refractivity contribution is 6.08. The molecule has 0 radical (unpaired) electrons. The van der Waals surface area contributed by atoms with Crippen molar-refractivity contribution in [2.75, 3.05) is 10.6 Å². The van der Waals surface area contributed by atoms with E-state index in [1.807, 2.05) is 38.1 Å². The first kappa shape index (κ1) is 19.2. The van der Waals surface area contributed by atoms with Crippen molar-refractivity contribution in [3.63, 3.8) is 0 Å². The van der Waals surface area contributed by atoms with E-state index in [-0.39, 0.29) is 28.6 Å². The van der Waals surface area contributed by atoms with Gasteiger partial charge in [-0.3, -0.25) is 14.6 Å². The average molecular weight is 377 g/mol. The number of amides is 2. The van der Waals surface area contributed by atoms with Crippen LogP contribution in [0.4, 0.5) is 15.8 Å². The summed E-state index contributed by atoms with van der Waals surface area (Å²) in [5.41, 5.74) is 2.18. The fourth-order valence-electron chi connectivity index (χ4n) is 2.75. The molecule has 3 aromatic rings. The van der Waals surface area contributed by atoms with E-state index in [1.165, 1.54) is 36.7 Å². The number of hydrogen-bond acceptors (Lipinski definition) is 3. The Kier molecular flexibility index (Phi) is 5.79. The van der Waals surface area contributed by atoms with E-state index in [9.17, 15) is 14.0 Å². The Morgan fingerprint density at radius 3 is 2.00 bits per heavy atom. The van der Waals surface area contributed by atoms with Crippen molar-refractivity contribution in [2.45, 2.75) is 19.8 Å². The molecule has 3 rings (SSSR count). The number of carbonyl (C=O) groups is 2. The number of anilines is 2. The molecule has 0 aliphatic heterocycles. The number of rotatable bonds is 5. The van der Waals surface area contributed by atoms with Crippen LogP contribution in [0.25, 0.3) is 0 Å². The minimum absolute atomic E-state index is 0.0632. The summed E-state index contributed by atoms with van der Waals surface area (Å²) in [4.78, 5) is 29.0. The maximum Gasteiger partial charge on any atom is 0.257 e. The van der Waals surface area contributed by atoms with Crippen LogP contribution < -0.4 is 10.6 Å². The molecule has 0 aliphatic carbocycles. The highest BCUT2D eigenvalue weighted by Gasteiger charge is 2.15. The fourth-order valence-corrected chi connectivity index (χ4v) is 2.75. The molecule has 0 aliphatic rings. The summed E-state index contributed by atoms with van der Waals surface area (Å²) < 4.78 is 13.7. The first-order valence-corrected chi connectivity index (χ1v) is 8.87. The summed E-state index contributed by atoms with van der Waals surface area (Å²) in [6.45, 7) is 4.08. The maximum absolute atomic E-state index is 13.7. The number of hydrogen-bond donors (Lipinski definition) is 2. The second kappa shape index (κ2) is 8.43. The second-order valence-corrected chi connectivity index (χ2v) is 6.59. The van der Waals surface area contributed by atoms with Crippen LogP contribution in [0.2, 0.25) is 0 Å². The van der Waals surface area contributed by atoms with Gasteiger partial charge in [-0.25, -0.2) is 4.39 Å². The molecule has 2 amide bonds. The van der Waals surface area contributed by atoms with Crippen molar-refractivity contribution in [1.29, 1.82) is 0 Å². The molecule has 0 bridgehead atoms. The second-order valence-electron chi connectivity index (χ2n) is 6.59. The van der Waals surface area contributed by atoms with Crippen molar-refractivity contribution in [2.24, 2.45) is 0 Å². The van der Waals surface area contributed by atoms with Crippen LogP contribution in [0.3, 0.4) is 0 Å². The van der Waals surface area contributed by atoms with Crippen molar-refractivity contribution < 1.29 is 14.0 Å². The van der Waals surface area contributed by atoms with Gasteiger partial charge in [-0.1, -0.05) is 44.2 Å². The van der Waals surface area contributed by atoms with Gasteiger partial charge in [-0.15, -0.1) is 0 Å². The molecule has 0 saturated carbocycles. The molecule has 2 N–H and O–H groups in total. The standard InChI is InChI=1S/C22H20FN3O2/c1-14(2)17-7-3-5-9-19(17)25-21(27)15-11-16(13-24-12-15)22(28)26-20-10-6-4-8-18(20)23/h3-14H,1-2H3,(H,25,27)(H,26,28). The van der Waals surface area contributed by atoms with Gasteiger partial charge in [-0.05, 0) is 35.7 Å². The lowest BCUT2D eigenvalue weighted by Gasteiger charge is -2.13. The number of benzene rings is 2. The van der Waals surface area contributed by atoms with Crippen molar-refractivity contribution in [3.05, 3.63) is 89.5 Å². The molecule has 0 unspecified atom stereocenters. The third-order valence-corrected chi connectivity index (χ3v) is 4.22. The zero-order valence-electron chi connectivity index (χ0n) is 15.6. The number of para-hydroxylation sites is 2. The molecule has 2 aromatic carbocycles. The van der Waals surface area contributed by atoms with Gasteiger partial charge in [0.15, 0.2) is 0 Å². The molecular formula is C22H20FN3O2. The summed E-state index contributed by atoms with van der Waals surface area (Å²) in [5.74, 6) is -1.22. The predicted octanol–water partition coefficient (Wildman–Crippen LogP) is 4.85. The van der Waals surface area contributed by atoms with E-state index in [0.29, 0.717) is 5.69 Å². The van der Waals surface area contributed by atoms with Gasteiger partial charge < -0.3 is 10.6 Å². The topological polar surface area (TPSA) is 71.1 Å². The number of carbonyl (C=O) groups excluding carboxylic acids is 2. The van der Waals surface area contributed by atoms with E-state index in [1.54, 1.807) is 6.07 Å². The third-order valence-electron chi connectivity index (χ3n) is 4.22. The van der Waals surface area contributed by atoms with Crippen molar-refractivity contribution in [3.8, 4) is 0 Å². The lowest BCUT2D eigenvalue weighted by molar-refractivity contribution is 0.102. The summed E-state index contributed by atoms with van der Waals surface area (Å²) >= 11 is 0. The van der Waals surface area contributed by atoms with Crippen molar-refractivity contribution >= 4 is 23.2 Å². The Labute approximate surface area is 162 Å². The number of aromatic nitrogens is 1. The van der Waals surface area contributed by atoms with Gasteiger partial charge in [-0.2, -0.15) is 0 Å². The fraction of sp³-hybridized carbons (Fsp3) is 0.136. The Bertz CT molecular complexity index is 1020. The minimum atomic E-state index is -0.546. The van der Waals surface area contributed by atoms with E-state index in [2.05, 4.69) is 15.6 Å². The van der Waals surface area contributed by atoms with Gasteiger partial charge in [0.2, 0.25) is 0 Å². The smallest absolute Gasteiger partial charge is 0.257 e. The molecular weight excluding hydrogens is 357 g/mol. The van der Waals surface area contributed by atoms with Crippen LogP contribution in [0.5, 0.6) is 0 Å². The van der Waals surface area contributed by atoms with Crippen LogP contribution >= 0.6 is 0 Å². The molecule has 1 aromatic heterocycles. The third kappa shape index (κ3) is 4.40. The molecule has 6 heteroatoms. The summed E-state index contributed by atoms with van der Waals surface area (Å²) in [6.07, 6.45) is 2.71. The normalized spacial score (nSPS) is 10.6. The van der Waals surface area contributed by atoms with Gasteiger partial charge in [0, 0.05) is 18.1 Å². The molecule has 0 spiro atoms. The Morgan fingerprint density at radius 2 is 1.39 bits per heavy atom. The van der Waals surface area contributed by atoms with Crippen LogP contribution in [0.15, 0.2) is 67.0 Å². The summed E-state index contributed by atoms with van der Waals surface area (Å²) in [5, 5.41) is 5.34.